The van der Waals surface area contributed by atoms with Crippen LogP contribution in [-0.2, 0) is 10.0 Å². The van der Waals surface area contributed by atoms with Crippen LogP contribution in [0.15, 0.2) is 65.6 Å². The first kappa shape index (κ1) is 19.1. The number of carbonyl (C=O) groups excluding carboxylic acids is 1. The molecule has 4 aromatic rings. The largest absolute Gasteiger partial charge is 0.336 e. The van der Waals surface area contributed by atoms with E-state index < -0.39 is 10.0 Å². The molecule has 9 heteroatoms. The maximum Gasteiger partial charge on any atom is 0.254 e. The summed E-state index contributed by atoms with van der Waals surface area (Å²) in [5.41, 5.74) is 1.62. The lowest BCUT2D eigenvalue weighted by atomic mass is 10.0. The molecule has 0 spiro atoms. The molecule has 3 aromatic carbocycles. The van der Waals surface area contributed by atoms with Crippen molar-refractivity contribution in [2.24, 2.45) is 0 Å². The molecule has 0 radical (unpaired) electrons. The number of benzene rings is 3. The van der Waals surface area contributed by atoms with E-state index in [-0.39, 0.29) is 23.9 Å². The van der Waals surface area contributed by atoms with Gasteiger partial charge in [0.2, 0.25) is 10.0 Å². The number of nitrogens with zero attached hydrogens (tertiary/aromatic N) is 4. The maximum atomic E-state index is 13.2. The molecule has 5 rings (SSSR count). The van der Waals surface area contributed by atoms with E-state index in [0.29, 0.717) is 29.7 Å². The van der Waals surface area contributed by atoms with Gasteiger partial charge in [-0.25, -0.2) is 8.42 Å². The lowest BCUT2D eigenvalue weighted by Gasteiger charge is -2.34. The SMILES string of the molecule is O=C(c1cccc2ccccc12)N1CCN(S(=O)(=O)c2cccc3nsnc23)CC1. The molecular weight excluding hydrogens is 420 g/mol. The van der Waals surface area contributed by atoms with E-state index in [9.17, 15) is 13.2 Å². The number of rotatable bonds is 3. The predicted octanol–water partition coefficient (Wildman–Crippen LogP) is 2.99. The second-order valence-corrected chi connectivity index (χ2v) is 9.55. The third-order valence-corrected chi connectivity index (χ3v) is 7.89. The van der Waals surface area contributed by atoms with E-state index in [1.54, 1.807) is 23.1 Å². The minimum absolute atomic E-state index is 0.0744. The highest BCUT2D eigenvalue weighted by atomic mass is 32.2. The Labute approximate surface area is 177 Å². The maximum absolute atomic E-state index is 13.2. The Morgan fingerprint density at radius 2 is 1.60 bits per heavy atom. The third kappa shape index (κ3) is 3.15. The van der Waals surface area contributed by atoms with Gasteiger partial charge >= 0.3 is 0 Å². The van der Waals surface area contributed by atoms with Crippen molar-refractivity contribution in [3.05, 3.63) is 66.2 Å². The van der Waals surface area contributed by atoms with Gasteiger partial charge < -0.3 is 4.90 Å². The summed E-state index contributed by atoms with van der Waals surface area (Å²) in [5.74, 6) is -0.0744. The normalized spacial score (nSPS) is 15.7. The molecule has 2 heterocycles. The summed E-state index contributed by atoms with van der Waals surface area (Å²) in [6.45, 7) is 1.17. The number of hydrogen-bond donors (Lipinski definition) is 0. The van der Waals surface area contributed by atoms with Crippen molar-refractivity contribution < 1.29 is 13.2 Å². The second-order valence-electron chi connectivity index (χ2n) is 7.11. The van der Waals surface area contributed by atoms with Crippen LogP contribution < -0.4 is 0 Å². The number of piperazine rings is 1. The van der Waals surface area contributed by atoms with Crippen LogP contribution in [0.25, 0.3) is 21.8 Å². The molecular formula is C21H18N4O3S2. The summed E-state index contributed by atoms with van der Waals surface area (Å²) in [6.07, 6.45) is 0. The summed E-state index contributed by atoms with van der Waals surface area (Å²) < 4.78 is 36.1. The molecule has 0 saturated carbocycles. The Kier molecular flexibility index (Phi) is 4.73. The molecule has 0 N–H and O–H groups in total. The van der Waals surface area contributed by atoms with Crippen LogP contribution in [0.5, 0.6) is 0 Å². The van der Waals surface area contributed by atoms with E-state index in [1.165, 1.54) is 4.31 Å². The molecule has 152 valence electrons. The monoisotopic (exact) mass is 438 g/mol. The Morgan fingerprint density at radius 3 is 2.43 bits per heavy atom. The molecule has 1 saturated heterocycles. The quantitative estimate of drug-likeness (QED) is 0.491. The first-order valence-corrected chi connectivity index (χ1v) is 11.7. The average molecular weight is 439 g/mol. The van der Waals surface area contributed by atoms with E-state index in [4.69, 9.17) is 0 Å². The molecule has 1 fully saturated rings. The number of carbonyl (C=O) groups is 1. The smallest absolute Gasteiger partial charge is 0.254 e. The fourth-order valence-electron chi connectivity index (χ4n) is 3.84. The van der Waals surface area contributed by atoms with Crippen LogP contribution in [0.1, 0.15) is 10.4 Å². The van der Waals surface area contributed by atoms with Crippen molar-refractivity contribution in [2.45, 2.75) is 4.90 Å². The molecule has 0 atom stereocenters. The number of aromatic nitrogens is 2. The molecule has 30 heavy (non-hydrogen) atoms. The minimum Gasteiger partial charge on any atom is -0.336 e. The number of hydrogen-bond acceptors (Lipinski definition) is 6. The highest BCUT2D eigenvalue weighted by Gasteiger charge is 2.32. The Bertz CT molecular complexity index is 1350. The lowest BCUT2D eigenvalue weighted by Crippen LogP contribution is -2.50. The summed E-state index contributed by atoms with van der Waals surface area (Å²) in [7, 11) is -3.71. The van der Waals surface area contributed by atoms with Crippen molar-refractivity contribution in [2.75, 3.05) is 26.2 Å². The molecule has 0 aliphatic carbocycles. The van der Waals surface area contributed by atoms with Gasteiger partial charge in [0.25, 0.3) is 5.91 Å². The van der Waals surface area contributed by atoms with Crippen molar-refractivity contribution in [1.29, 1.82) is 0 Å². The Balaban J connectivity index is 1.37. The fourth-order valence-corrected chi connectivity index (χ4v) is 6.02. The zero-order valence-electron chi connectivity index (χ0n) is 15.9. The van der Waals surface area contributed by atoms with E-state index in [2.05, 4.69) is 8.75 Å². The van der Waals surface area contributed by atoms with Gasteiger partial charge in [0.15, 0.2) is 0 Å². The zero-order valence-corrected chi connectivity index (χ0v) is 17.6. The number of fused-ring (bicyclic) bond motifs is 2. The molecule has 1 aromatic heterocycles. The summed E-state index contributed by atoms with van der Waals surface area (Å²) >= 11 is 0.997. The van der Waals surface area contributed by atoms with Crippen molar-refractivity contribution in [1.82, 2.24) is 18.0 Å². The van der Waals surface area contributed by atoms with Crippen molar-refractivity contribution in [3.8, 4) is 0 Å². The average Bonchev–Trinajstić information content (AvgIpc) is 3.27. The van der Waals surface area contributed by atoms with E-state index >= 15 is 0 Å². The van der Waals surface area contributed by atoms with Gasteiger partial charge in [-0.2, -0.15) is 13.1 Å². The van der Waals surface area contributed by atoms with E-state index in [1.807, 2.05) is 42.5 Å². The van der Waals surface area contributed by atoms with Crippen LogP contribution in [0.2, 0.25) is 0 Å². The summed E-state index contributed by atoms with van der Waals surface area (Å²) in [6, 6.07) is 18.4. The number of sulfonamides is 1. The summed E-state index contributed by atoms with van der Waals surface area (Å²) in [5, 5.41) is 1.91. The van der Waals surface area contributed by atoms with Gasteiger partial charge in [0.05, 0.1) is 11.7 Å². The number of amides is 1. The predicted molar refractivity (Wildman–Crippen MR) is 116 cm³/mol. The summed E-state index contributed by atoms with van der Waals surface area (Å²) in [4.78, 5) is 15.0. The molecule has 1 aliphatic heterocycles. The molecule has 1 amide bonds. The van der Waals surface area contributed by atoms with Crippen LogP contribution >= 0.6 is 11.7 Å². The lowest BCUT2D eigenvalue weighted by molar-refractivity contribution is 0.0700. The zero-order chi connectivity index (χ0) is 20.7. The van der Waals surface area contributed by atoms with Crippen LogP contribution in [-0.4, -0.2) is 58.5 Å². The Morgan fingerprint density at radius 1 is 0.867 bits per heavy atom. The van der Waals surface area contributed by atoms with Crippen molar-refractivity contribution in [3.63, 3.8) is 0 Å². The van der Waals surface area contributed by atoms with Gasteiger partial charge in [-0.15, -0.1) is 0 Å². The molecule has 1 aliphatic rings. The second kappa shape index (κ2) is 7.42. The minimum atomic E-state index is -3.71. The van der Waals surface area contributed by atoms with E-state index in [0.717, 1.165) is 22.5 Å². The van der Waals surface area contributed by atoms with Gasteiger partial charge in [-0.3, -0.25) is 4.79 Å². The fraction of sp³-hybridized carbons (Fsp3) is 0.190. The van der Waals surface area contributed by atoms with Crippen LogP contribution in [0.4, 0.5) is 0 Å². The standard InChI is InChI=1S/C21H18N4O3S2/c26-21(17-8-3-6-15-5-1-2-7-16(15)17)24-11-13-25(14-12-24)30(27,28)19-10-4-9-18-20(19)23-29-22-18/h1-10H,11-14H2. The highest BCUT2D eigenvalue weighted by Crippen LogP contribution is 2.26. The first-order valence-electron chi connectivity index (χ1n) is 9.54. The van der Waals surface area contributed by atoms with Crippen molar-refractivity contribution >= 4 is 49.5 Å². The molecule has 0 unspecified atom stereocenters. The van der Waals surface area contributed by atoms with Crippen LogP contribution in [0.3, 0.4) is 0 Å². The highest BCUT2D eigenvalue weighted by molar-refractivity contribution is 7.89. The molecule has 0 bridgehead atoms. The van der Waals surface area contributed by atoms with Gasteiger partial charge in [-0.05, 0) is 29.0 Å². The van der Waals surface area contributed by atoms with Gasteiger partial charge in [0.1, 0.15) is 15.9 Å². The first-order chi connectivity index (χ1) is 14.6. The molecule has 7 nitrogen and oxygen atoms in total. The third-order valence-electron chi connectivity index (χ3n) is 5.41. The van der Waals surface area contributed by atoms with Gasteiger partial charge in [0, 0.05) is 31.7 Å². The van der Waals surface area contributed by atoms with Gasteiger partial charge in [-0.1, -0.05) is 42.5 Å². The topological polar surface area (TPSA) is 83.5 Å². The Hall–Kier alpha value is -2.88. The van der Waals surface area contributed by atoms with Crippen LogP contribution in [0, 0.1) is 0 Å².